The molecule has 1 rings (SSSR count). The lowest BCUT2D eigenvalue weighted by Gasteiger charge is -2.38. The predicted octanol–water partition coefficient (Wildman–Crippen LogP) is 4.76. The summed E-state index contributed by atoms with van der Waals surface area (Å²) in [5.41, 5.74) is -0.461. The first kappa shape index (κ1) is 16.7. The van der Waals surface area contributed by atoms with Crippen LogP contribution in [0.4, 0.5) is 0 Å². The summed E-state index contributed by atoms with van der Waals surface area (Å²) >= 11 is 0. The minimum Gasteiger partial charge on any atom is -0.370 e. The highest BCUT2D eigenvalue weighted by atomic mass is 16.5. The number of ketones is 1. The van der Waals surface area contributed by atoms with Crippen LogP contribution in [0.5, 0.6) is 0 Å². The van der Waals surface area contributed by atoms with Crippen LogP contribution in [0, 0.1) is 11.8 Å². The average molecular weight is 268 g/mol. The number of hydrogen-bond donors (Lipinski definition) is 0. The molecule has 0 amide bonds. The molecule has 0 aromatic carbocycles. The molecule has 3 unspecified atom stereocenters. The molecule has 0 spiro atoms. The summed E-state index contributed by atoms with van der Waals surface area (Å²) in [5, 5.41) is 0. The van der Waals surface area contributed by atoms with Crippen molar-refractivity contribution in [2.75, 3.05) is 7.11 Å². The zero-order chi connectivity index (χ0) is 14.3. The third-order valence-corrected chi connectivity index (χ3v) is 4.87. The normalized spacial score (nSPS) is 29.2. The molecule has 1 fully saturated rings. The fourth-order valence-electron chi connectivity index (χ4n) is 3.45. The molecule has 0 heterocycles. The van der Waals surface area contributed by atoms with Crippen LogP contribution < -0.4 is 0 Å². The maximum absolute atomic E-state index is 12.7. The van der Waals surface area contributed by atoms with Gasteiger partial charge in [-0.3, -0.25) is 4.79 Å². The van der Waals surface area contributed by atoms with Gasteiger partial charge in [-0.2, -0.15) is 0 Å². The molecule has 0 aromatic heterocycles. The zero-order valence-corrected chi connectivity index (χ0v) is 13.3. The lowest BCUT2D eigenvalue weighted by atomic mass is 9.74. The summed E-state index contributed by atoms with van der Waals surface area (Å²) in [6.07, 6.45) is 9.70. The van der Waals surface area contributed by atoms with Gasteiger partial charge < -0.3 is 4.74 Å². The van der Waals surface area contributed by atoms with Gasteiger partial charge in [0.2, 0.25) is 0 Å². The summed E-state index contributed by atoms with van der Waals surface area (Å²) in [4.78, 5) is 12.7. The molecule has 0 radical (unpaired) electrons. The van der Waals surface area contributed by atoms with E-state index >= 15 is 0 Å². The Balaban J connectivity index is 2.61. The van der Waals surface area contributed by atoms with Crippen LogP contribution in [0.1, 0.15) is 78.6 Å². The number of hydrogen-bond acceptors (Lipinski definition) is 2. The zero-order valence-electron chi connectivity index (χ0n) is 13.3. The van der Waals surface area contributed by atoms with Crippen LogP contribution in [0.15, 0.2) is 0 Å². The second-order valence-electron chi connectivity index (χ2n) is 6.44. The Kier molecular flexibility index (Phi) is 7.06. The van der Waals surface area contributed by atoms with Crippen molar-refractivity contribution in [3.63, 3.8) is 0 Å². The molecule has 1 saturated carbocycles. The Labute approximate surface area is 119 Å². The molecule has 0 aromatic rings. The van der Waals surface area contributed by atoms with Gasteiger partial charge in [0.15, 0.2) is 5.78 Å². The SMILES string of the molecule is CCCCC(CC)CC(=O)C1(OC)CCCC(C)C1. The van der Waals surface area contributed by atoms with Gasteiger partial charge in [-0.15, -0.1) is 0 Å². The maximum Gasteiger partial charge on any atom is 0.164 e. The van der Waals surface area contributed by atoms with Crippen molar-refractivity contribution in [3.8, 4) is 0 Å². The summed E-state index contributed by atoms with van der Waals surface area (Å²) in [5.74, 6) is 1.54. The third kappa shape index (κ3) is 4.59. The summed E-state index contributed by atoms with van der Waals surface area (Å²) < 4.78 is 5.71. The summed E-state index contributed by atoms with van der Waals surface area (Å²) in [6, 6.07) is 0. The van der Waals surface area contributed by atoms with Crippen LogP contribution in [0.3, 0.4) is 0 Å². The summed E-state index contributed by atoms with van der Waals surface area (Å²) in [7, 11) is 1.73. The fraction of sp³-hybridized carbons (Fsp3) is 0.941. The molecule has 1 aliphatic rings. The number of ether oxygens (including phenoxy) is 1. The van der Waals surface area contributed by atoms with E-state index in [-0.39, 0.29) is 0 Å². The molecule has 2 nitrogen and oxygen atoms in total. The Bertz CT molecular complexity index is 274. The van der Waals surface area contributed by atoms with E-state index < -0.39 is 5.60 Å². The fourth-order valence-corrected chi connectivity index (χ4v) is 3.45. The van der Waals surface area contributed by atoms with E-state index in [4.69, 9.17) is 4.74 Å². The van der Waals surface area contributed by atoms with Gasteiger partial charge in [-0.25, -0.2) is 0 Å². The standard InChI is InChI=1S/C17H32O2/c1-5-7-10-15(6-2)12-16(18)17(19-4)11-8-9-14(3)13-17/h14-15H,5-13H2,1-4H3. The van der Waals surface area contributed by atoms with E-state index in [2.05, 4.69) is 20.8 Å². The van der Waals surface area contributed by atoms with Crippen molar-refractivity contribution < 1.29 is 9.53 Å². The first-order valence-electron chi connectivity index (χ1n) is 8.16. The molecule has 112 valence electrons. The molecule has 0 aliphatic heterocycles. The molecule has 0 saturated heterocycles. The van der Waals surface area contributed by atoms with E-state index in [0.29, 0.717) is 17.6 Å². The predicted molar refractivity (Wildman–Crippen MR) is 80.3 cm³/mol. The minimum atomic E-state index is -0.461. The Morgan fingerprint density at radius 2 is 2.16 bits per heavy atom. The van der Waals surface area contributed by atoms with Crippen molar-refractivity contribution in [1.29, 1.82) is 0 Å². The molecule has 2 heteroatoms. The maximum atomic E-state index is 12.7. The van der Waals surface area contributed by atoms with E-state index in [1.54, 1.807) is 7.11 Å². The monoisotopic (exact) mass is 268 g/mol. The van der Waals surface area contributed by atoms with Gasteiger partial charge in [-0.1, -0.05) is 52.9 Å². The second-order valence-corrected chi connectivity index (χ2v) is 6.44. The van der Waals surface area contributed by atoms with Crippen molar-refractivity contribution >= 4 is 5.78 Å². The number of carbonyl (C=O) groups excluding carboxylic acids is 1. The lowest BCUT2D eigenvalue weighted by molar-refractivity contribution is -0.148. The van der Waals surface area contributed by atoms with E-state index in [9.17, 15) is 4.79 Å². The average Bonchev–Trinajstić information content (AvgIpc) is 2.42. The van der Waals surface area contributed by atoms with Gasteiger partial charge in [-0.05, 0) is 31.1 Å². The smallest absolute Gasteiger partial charge is 0.164 e. The van der Waals surface area contributed by atoms with Crippen molar-refractivity contribution in [1.82, 2.24) is 0 Å². The van der Waals surface area contributed by atoms with Gasteiger partial charge in [0.1, 0.15) is 5.60 Å². The largest absolute Gasteiger partial charge is 0.370 e. The number of carbonyl (C=O) groups is 1. The van der Waals surface area contributed by atoms with Crippen LogP contribution in [-0.2, 0) is 9.53 Å². The van der Waals surface area contributed by atoms with Crippen LogP contribution in [0.25, 0.3) is 0 Å². The minimum absolute atomic E-state index is 0.365. The molecule has 0 bridgehead atoms. The quantitative estimate of drug-likeness (QED) is 0.634. The van der Waals surface area contributed by atoms with Crippen molar-refractivity contribution in [2.45, 2.75) is 84.2 Å². The first-order chi connectivity index (χ1) is 9.07. The topological polar surface area (TPSA) is 26.3 Å². The van der Waals surface area contributed by atoms with Crippen molar-refractivity contribution in [2.24, 2.45) is 11.8 Å². The van der Waals surface area contributed by atoms with E-state index in [1.807, 2.05) is 0 Å². The van der Waals surface area contributed by atoms with Crippen LogP contribution in [-0.4, -0.2) is 18.5 Å². The Morgan fingerprint density at radius 3 is 2.68 bits per heavy atom. The molecular formula is C17H32O2. The molecule has 0 N–H and O–H groups in total. The second kappa shape index (κ2) is 8.04. The first-order valence-corrected chi connectivity index (χ1v) is 8.16. The van der Waals surface area contributed by atoms with Gasteiger partial charge >= 0.3 is 0 Å². The highest BCUT2D eigenvalue weighted by Gasteiger charge is 2.41. The molecule has 19 heavy (non-hydrogen) atoms. The van der Waals surface area contributed by atoms with Gasteiger partial charge in [0.25, 0.3) is 0 Å². The van der Waals surface area contributed by atoms with Crippen molar-refractivity contribution in [3.05, 3.63) is 0 Å². The Hall–Kier alpha value is -0.370. The number of unbranched alkanes of at least 4 members (excludes halogenated alkanes) is 1. The van der Waals surface area contributed by atoms with E-state index in [1.165, 1.54) is 25.7 Å². The number of Topliss-reactive ketones (excluding diaryl/α,β-unsaturated/α-hetero) is 1. The highest BCUT2D eigenvalue weighted by Crippen LogP contribution is 2.37. The van der Waals surface area contributed by atoms with Crippen LogP contribution in [0.2, 0.25) is 0 Å². The summed E-state index contributed by atoms with van der Waals surface area (Å²) in [6.45, 7) is 6.67. The third-order valence-electron chi connectivity index (χ3n) is 4.87. The van der Waals surface area contributed by atoms with Gasteiger partial charge in [0.05, 0.1) is 0 Å². The lowest BCUT2D eigenvalue weighted by Crippen LogP contribution is -2.45. The van der Waals surface area contributed by atoms with E-state index in [0.717, 1.165) is 32.1 Å². The van der Waals surface area contributed by atoms with Crippen LogP contribution >= 0.6 is 0 Å². The molecular weight excluding hydrogens is 236 g/mol. The number of methoxy groups -OCH3 is 1. The molecule has 3 atom stereocenters. The Morgan fingerprint density at radius 1 is 1.42 bits per heavy atom. The highest BCUT2D eigenvalue weighted by molar-refractivity contribution is 5.87. The van der Waals surface area contributed by atoms with Gasteiger partial charge in [0, 0.05) is 13.5 Å². The number of rotatable bonds is 8. The molecule has 1 aliphatic carbocycles.